The molecule has 0 amide bonds. The molecule has 2 heteroatoms. The number of hydrogen-bond acceptors (Lipinski definition) is 1. The average molecular weight is 180 g/mol. The van der Waals surface area contributed by atoms with E-state index in [1.807, 2.05) is 6.07 Å². The summed E-state index contributed by atoms with van der Waals surface area (Å²) < 4.78 is 13.1. The number of aliphatic hydroxyl groups excluding tert-OH is 1. The number of halogens is 1. The Hall–Kier alpha value is -0.890. The first-order valence-corrected chi connectivity index (χ1v) is 4.61. The Morgan fingerprint density at radius 2 is 2.08 bits per heavy atom. The highest BCUT2D eigenvalue weighted by Crippen LogP contribution is 2.36. The van der Waals surface area contributed by atoms with Gasteiger partial charge in [-0.1, -0.05) is 12.1 Å². The molecule has 1 fully saturated rings. The largest absolute Gasteiger partial charge is 0.393 e. The lowest BCUT2D eigenvalue weighted by molar-refractivity contribution is 0.0745. The molecule has 1 N–H and O–H groups in total. The highest BCUT2D eigenvalue weighted by molar-refractivity contribution is 5.27. The summed E-state index contributed by atoms with van der Waals surface area (Å²) in [5.74, 6) is 0.226. The van der Waals surface area contributed by atoms with Crippen molar-refractivity contribution in [1.29, 1.82) is 0 Å². The van der Waals surface area contributed by atoms with Crippen molar-refractivity contribution in [2.45, 2.75) is 31.8 Å². The molecule has 0 saturated heterocycles. The van der Waals surface area contributed by atoms with E-state index in [2.05, 4.69) is 0 Å². The van der Waals surface area contributed by atoms with E-state index in [9.17, 15) is 4.39 Å². The van der Waals surface area contributed by atoms with E-state index < -0.39 is 0 Å². The highest BCUT2D eigenvalue weighted by Gasteiger charge is 2.28. The van der Waals surface area contributed by atoms with Crippen LogP contribution in [0.1, 0.15) is 29.9 Å². The highest BCUT2D eigenvalue weighted by atomic mass is 19.1. The molecule has 1 aliphatic rings. The fourth-order valence-electron chi connectivity index (χ4n) is 1.72. The predicted octanol–water partition coefficient (Wildman–Crippen LogP) is 2.37. The molecule has 0 spiro atoms. The molecule has 70 valence electrons. The van der Waals surface area contributed by atoms with E-state index in [-0.39, 0.29) is 11.9 Å². The van der Waals surface area contributed by atoms with Crippen LogP contribution in [0.2, 0.25) is 0 Å². The lowest BCUT2D eigenvalue weighted by Gasteiger charge is -2.31. The summed E-state index contributed by atoms with van der Waals surface area (Å²) in [5.41, 5.74) is 1.71. The molecule has 13 heavy (non-hydrogen) atoms. The summed E-state index contributed by atoms with van der Waals surface area (Å²) >= 11 is 0. The van der Waals surface area contributed by atoms with Gasteiger partial charge in [0.1, 0.15) is 5.82 Å². The molecule has 1 aromatic rings. The van der Waals surface area contributed by atoms with Gasteiger partial charge in [0.15, 0.2) is 0 Å². The second-order valence-corrected chi connectivity index (χ2v) is 3.83. The second kappa shape index (κ2) is 3.11. The van der Waals surface area contributed by atoms with Crippen molar-refractivity contribution in [2.24, 2.45) is 0 Å². The standard InChI is InChI=1S/C11H13FO/c1-7-2-3-8(6-11(7)12)9-4-10(13)5-9/h2-3,6,9-10,13H,4-5H2,1H3. The topological polar surface area (TPSA) is 20.2 Å². The molecule has 0 bridgehead atoms. The van der Waals surface area contributed by atoms with Crippen LogP contribution in [0.5, 0.6) is 0 Å². The van der Waals surface area contributed by atoms with Crippen molar-refractivity contribution in [3.8, 4) is 0 Å². The smallest absolute Gasteiger partial charge is 0.126 e. The van der Waals surface area contributed by atoms with Gasteiger partial charge in [0.05, 0.1) is 6.10 Å². The van der Waals surface area contributed by atoms with Gasteiger partial charge in [-0.3, -0.25) is 0 Å². The van der Waals surface area contributed by atoms with Crippen LogP contribution in [-0.2, 0) is 0 Å². The molecule has 1 aromatic carbocycles. The Balaban J connectivity index is 2.18. The first-order chi connectivity index (χ1) is 6.16. The number of hydrogen-bond donors (Lipinski definition) is 1. The van der Waals surface area contributed by atoms with E-state index in [4.69, 9.17) is 5.11 Å². The van der Waals surface area contributed by atoms with Gasteiger partial charge in [0.25, 0.3) is 0 Å². The SMILES string of the molecule is Cc1ccc(C2CC(O)C2)cc1F. The second-order valence-electron chi connectivity index (χ2n) is 3.83. The van der Waals surface area contributed by atoms with Crippen LogP contribution >= 0.6 is 0 Å². The molecule has 1 aliphatic carbocycles. The summed E-state index contributed by atoms with van der Waals surface area (Å²) in [5, 5.41) is 9.11. The maximum absolute atomic E-state index is 13.1. The van der Waals surface area contributed by atoms with Crippen LogP contribution in [-0.4, -0.2) is 11.2 Å². The lowest BCUT2D eigenvalue weighted by Crippen LogP contribution is -2.26. The van der Waals surface area contributed by atoms with Crippen LogP contribution in [0.4, 0.5) is 4.39 Å². The maximum atomic E-state index is 13.1. The van der Waals surface area contributed by atoms with Gasteiger partial charge in [-0.2, -0.15) is 0 Å². The zero-order valence-electron chi connectivity index (χ0n) is 7.63. The van der Waals surface area contributed by atoms with E-state index >= 15 is 0 Å². The minimum Gasteiger partial charge on any atom is -0.393 e. The third kappa shape index (κ3) is 1.59. The van der Waals surface area contributed by atoms with Crippen LogP contribution in [0.3, 0.4) is 0 Å². The summed E-state index contributed by atoms with van der Waals surface area (Å²) in [6.07, 6.45) is 1.39. The number of rotatable bonds is 1. The zero-order valence-corrected chi connectivity index (χ0v) is 7.63. The van der Waals surface area contributed by atoms with Gasteiger partial charge in [0.2, 0.25) is 0 Å². The number of benzene rings is 1. The first-order valence-electron chi connectivity index (χ1n) is 4.61. The van der Waals surface area contributed by atoms with Crippen LogP contribution in [0, 0.1) is 12.7 Å². The van der Waals surface area contributed by atoms with E-state index in [0.717, 1.165) is 18.4 Å². The molecule has 2 rings (SSSR count). The summed E-state index contributed by atoms with van der Waals surface area (Å²) in [6, 6.07) is 5.34. The first kappa shape index (κ1) is 8.70. The fraction of sp³-hybridized carbons (Fsp3) is 0.455. The molecule has 0 aliphatic heterocycles. The van der Waals surface area contributed by atoms with Gasteiger partial charge < -0.3 is 5.11 Å². The Morgan fingerprint density at radius 1 is 1.38 bits per heavy atom. The van der Waals surface area contributed by atoms with E-state index in [1.165, 1.54) is 0 Å². The molecule has 0 unspecified atom stereocenters. The molecule has 0 radical (unpaired) electrons. The minimum atomic E-state index is -0.172. The monoisotopic (exact) mass is 180 g/mol. The lowest BCUT2D eigenvalue weighted by atomic mass is 9.77. The number of aliphatic hydroxyl groups is 1. The average Bonchev–Trinajstić information content (AvgIpc) is 2.05. The van der Waals surface area contributed by atoms with Crippen molar-refractivity contribution in [3.63, 3.8) is 0 Å². The van der Waals surface area contributed by atoms with E-state index in [0.29, 0.717) is 11.5 Å². The molecule has 1 saturated carbocycles. The molecule has 0 heterocycles. The molecular formula is C11H13FO. The van der Waals surface area contributed by atoms with Gasteiger partial charge in [-0.05, 0) is 42.9 Å². The van der Waals surface area contributed by atoms with Gasteiger partial charge in [-0.25, -0.2) is 4.39 Å². The number of aryl methyl sites for hydroxylation is 1. The van der Waals surface area contributed by atoms with Crippen molar-refractivity contribution in [1.82, 2.24) is 0 Å². The minimum absolute atomic E-state index is 0.140. The third-order valence-electron chi connectivity index (χ3n) is 2.78. The van der Waals surface area contributed by atoms with E-state index in [1.54, 1.807) is 19.1 Å². The molecule has 0 aromatic heterocycles. The molecule has 1 nitrogen and oxygen atoms in total. The quantitative estimate of drug-likeness (QED) is 0.703. The van der Waals surface area contributed by atoms with Crippen molar-refractivity contribution in [2.75, 3.05) is 0 Å². The van der Waals surface area contributed by atoms with Crippen molar-refractivity contribution >= 4 is 0 Å². The fourth-order valence-corrected chi connectivity index (χ4v) is 1.72. The van der Waals surface area contributed by atoms with Crippen molar-refractivity contribution in [3.05, 3.63) is 35.1 Å². The van der Waals surface area contributed by atoms with Crippen molar-refractivity contribution < 1.29 is 9.50 Å². The molecular weight excluding hydrogens is 167 g/mol. The Kier molecular flexibility index (Phi) is 2.08. The van der Waals surface area contributed by atoms with Gasteiger partial charge in [0, 0.05) is 0 Å². The summed E-state index contributed by atoms with van der Waals surface area (Å²) in [6.45, 7) is 1.76. The normalized spacial score (nSPS) is 27.0. The van der Waals surface area contributed by atoms with Crippen LogP contribution < -0.4 is 0 Å². The third-order valence-corrected chi connectivity index (χ3v) is 2.78. The Bertz CT molecular complexity index is 316. The van der Waals surface area contributed by atoms with Gasteiger partial charge >= 0.3 is 0 Å². The summed E-state index contributed by atoms with van der Waals surface area (Å²) in [4.78, 5) is 0. The summed E-state index contributed by atoms with van der Waals surface area (Å²) in [7, 11) is 0. The van der Waals surface area contributed by atoms with Gasteiger partial charge in [-0.15, -0.1) is 0 Å². The maximum Gasteiger partial charge on any atom is 0.126 e. The zero-order chi connectivity index (χ0) is 9.42. The van der Waals surface area contributed by atoms with Crippen LogP contribution in [0.15, 0.2) is 18.2 Å². The predicted molar refractivity (Wildman–Crippen MR) is 49.1 cm³/mol. The van der Waals surface area contributed by atoms with Crippen LogP contribution in [0.25, 0.3) is 0 Å². The molecule has 0 atom stereocenters. The Labute approximate surface area is 77.2 Å². The Morgan fingerprint density at radius 3 is 2.62 bits per heavy atom.